The van der Waals surface area contributed by atoms with Crippen LogP contribution in [0.4, 0.5) is 0 Å². The van der Waals surface area contributed by atoms with E-state index < -0.39 is 0 Å². The standard InChI is InChI=1S/C17H25NOS2/c1-3-18-15(17-12(2)20-10-11-21-17)14-8-4-6-13-7-5-9-19-16(13)14/h4,6,8,12,15,17-18H,3,5,7,9-11H2,1-2H3. The molecule has 1 fully saturated rings. The van der Waals surface area contributed by atoms with Crippen LogP contribution in [0.25, 0.3) is 0 Å². The third kappa shape index (κ3) is 3.38. The van der Waals surface area contributed by atoms with Gasteiger partial charge in [0.15, 0.2) is 0 Å². The van der Waals surface area contributed by atoms with E-state index in [1.54, 1.807) is 0 Å². The summed E-state index contributed by atoms with van der Waals surface area (Å²) in [5.74, 6) is 3.71. The minimum Gasteiger partial charge on any atom is -0.493 e. The van der Waals surface area contributed by atoms with Gasteiger partial charge in [-0.3, -0.25) is 0 Å². The summed E-state index contributed by atoms with van der Waals surface area (Å²) in [6, 6.07) is 7.10. The van der Waals surface area contributed by atoms with Gasteiger partial charge in [-0.15, -0.1) is 0 Å². The number of hydrogen-bond acceptors (Lipinski definition) is 4. The molecule has 0 spiro atoms. The second-order valence-electron chi connectivity index (χ2n) is 5.73. The van der Waals surface area contributed by atoms with Crippen LogP contribution in [-0.4, -0.2) is 35.2 Å². The predicted molar refractivity (Wildman–Crippen MR) is 94.8 cm³/mol. The Bertz CT molecular complexity index is 480. The number of rotatable bonds is 4. The van der Waals surface area contributed by atoms with Crippen LogP contribution in [0.15, 0.2) is 18.2 Å². The Morgan fingerprint density at radius 1 is 1.33 bits per heavy atom. The van der Waals surface area contributed by atoms with E-state index in [0.717, 1.165) is 31.7 Å². The van der Waals surface area contributed by atoms with Gasteiger partial charge in [-0.25, -0.2) is 0 Å². The Hall–Kier alpha value is -0.320. The van der Waals surface area contributed by atoms with Crippen molar-refractivity contribution in [1.82, 2.24) is 5.32 Å². The fourth-order valence-corrected chi connectivity index (χ4v) is 6.24. The highest BCUT2D eigenvalue weighted by Gasteiger charge is 2.33. The van der Waals surface area contributed by atoms with Gasteiger partial charge in [0.2, 0.25) is 0 Å². The van der Waals surface area contributed by atoms with Crippen LogP contribution in [0.3, 0.4) is 0 Å². The lowest BCUT2D eigenvalue weighted by molar-refractivity contribution is 0.281. The van der Waals surface area contributed by atoms with E-state index in [1.807, 2.05) is 0 Å². The van der Waals surface area contributed by atoms with E-state index in [4.69, 9.17) is 4.74 Å². The zero-order chi connectivity index (χ0) is 14.7. The minimum absolute atomic E-state index is 0.399. The monoisotopic (exact) mass is 323 g/mol. The van der Waals surface area contributed by atoms with Crippen molar-refractivity contribution in [2.24, 2.45) is 0 Å². The third-order valence-corrected chi connectivity index (χ3v) is 7.48. The molecule has 1 aromatic carbocycles. The molecule has 2 heterocycles. The van der Waals surface area contributed by atoms with Gasteiger partial charge in [-0.05, 0) is 24.9 Å². The molecule has 1 saturated heterocycles. The number of para-hydroxylation sites is 1. The number of thioether (sulfide) groups is 2. The molecule has 1 N–H and O–H groups in total. The molecule has 0 amide bonds. The summed E-state index contributed by atoms with van der Waals surface area (Å²) >= 11 is 4.24. The molecular formula is C17H25NOS2. The zero-order valence-corrected chi connectivity index (χ0v) is 14.6. The first-order valence-corrected chi connectivity index (χ1v) is 10.1. The summed E-state index contributed by atoms with van der Waals surface area (Å²) in [5.41, 5.74) is 2.77. The lowest BCUT2D eigenvalue weighted by Gasteiger charge is -2.36. The maximum atomic E-state index is 6.05. The molecule has 2 nitrogen and oxygen atoms in total. The van der Waals surface area contributed by atoms with Crippen molar-refractivity contribution in [2.45, 2.75) is 43.2 Å². The second-order valence-corrected chi connectivity index (χ2v) is 8.51. The molecule has 2 aliphatic heterocycles. The quantitative estimate of drug-likeness (QED) is 0.907. The molecule has 0 aliphatic carbocycles. The predicted octanol–water partition coefficient (Wildman–Crippen LogP) is 3.90. The van der Waals surface area contributed by atoms with Crippen LogP contribution >= 0.6 is 23.5 Å². The lowest BCUT2D eigenvalue weighted by atomic mass is 9.95. The van der Waals surface area contributed by atoms with Gasteiger partial charge >= 0.3 is 0 Å². The molecule has 4 heteroatoms. The van der Waals surface area contributed by atoms with Crippen LogP contribution in [-0.2, 0) is 6.42 Å². The summed E-state index contributed by atoms with van der Waals surface area (Å²) in [7, 11) is 0. The molecule has 3 unspecified atom stereocenters. The summed E-state index contributed by atoms with van der Waals surface area (Å²) in [6.07, 6.45) is 2.30. The summed E-state index contributed by atoms with van der Waals surface area (Å²) in [4.78, 5) is 0. The van der Waals surface area contributed by atoms with Crippen LogP contribution < -0.4 is 10.1 Å². The van der Waals surface area contributed by atoms with E-state index in [9.17, 15) is 0 Å². The highest BCUT2D eigenvalue weighted by molar-refractivity contribution is 8.07. The molecule has 0 aromatic heterocycles. The Balaban J connectivity index is 1.93. The van der Waals surface area contributed by atoms with E-state index in [1.165, 1.54) is 22.6 Å². The normalized spacial score (nSPS) is 26.8. The van der Waals surface area contributed by atoms with E-state index in [0.29, 0.717) is 16.5 Å². The van der Waals surface area contributed by atoms with Crippen molar-refractivity contribution in [2.75, 3.05) is 24.7 Å². The molecule has 0 radical (unpaired) electrons. The van der Waals surface area contributed by atoms with Gasteiger partial charge in [-0.1, -0.05) is 32.0 Å². The molecule has 0 bridgehead atoms. The first kappa shape index (κ1) is 15.6. The van der Waals surface area contributed by atoms with Crippen molar-refractivity contribution in [3.05, 3.63) is 29.3 Å². The third-order valence-electron chi connectivity index (χ3n) is 4.29. The summed E-state index contributed by atoms with van der Waals surface area (Å²) in [5, 5.41) is 5.05. The van der Waals surface area contributed by atoms with Crippen LogP contribution in [0.1, 0.15) is 37.4 Å². The first-order chi connectivity index (χ1) is 10.3. The molecule has 21 heavy (non-hydrogen) atoms. The van der Waals surface area contributed by atoms with E-state index in [2.05, 4.69) is 60.9 Å². The minimum atomic E-state index is 0.399. The van der Waals surface area contributed by atoms with Crippen LogP contribution in [0.2, 0.25) is 0 Å². The number of benzene rings is 1. The Morgan fingerprint density at radius 2 is 2.19 bits per heavy atom. The fourth-order valence-electron chi connectivity index (χ4n) is 3.30. The van der Waals surface area contributed by atoms with Gasteiger partial charge < -0.3 is 10.1 Å². The molecule has 3 rings (SSSR count). The largest absolute Gasteiger partial charge is 0.493 e. The molecular weight excluding hydrogens is 298 g/mol. The van der Waals surface area contributed by atoms with Crippen LogP contribution in [0.5, 0.6) is 5.75 Å². The summed E-state index contributed by atoms with van der Waals surface area (Å²) < 4.78 is 6.05. The van der Waals surface area contributed by atoms with Gasteiger partial charge in [0.25, 0.3) is 0 Å². The number of nitrogens with one attached hydrogen (secondary N) is 1. The smallest absolute Gasteiger partial charge is 0.127 e. The highest BCUT2D eigenvalue weighted by atomic mass is 32.2. The SMILES string of the molecule is CCNC(c1cccc2c1OCCC2)C1SCCSC1C. The molecule has 0 saturated carbocycles. The van der Waals surface area contributed by atoms with E-state index in [-0.39, 0.29) is 0 Å². The van der Waals surface area contributed by atoms with Gasteiger partial charge in [0.1, 0.15) is 5.75 Å². The van der Waals surface area contributed by atoms with Crippen LogP contribution in [0, 0.1) is 0 Å². The van der Waals surface area contributed by atoms with Gasteiger partial charge in [0, 0.05) is 33.6 Å². The van der Waals surface area contributed by atoms with E-state index >= 15 is 0 Å². The summed E-state index contributed by atoms with van der Waals surface area (Å²) in [6.45, 7) is 6.45. The zero-order valence-electron chi connectivity index (χ0n) is 12.9. The number of fused-ring (bicyclic) bond motifs is 1. The number of ether oxygens (including phenoxy) is 1. The molecule has 2 aliphatic rings. The molecule has 116 valence electrons. The average Bonchev–Trinajstić information content (AvgIpc) is 2.53. The van der Waals surface area contributed by atoms with Crippen molar-refractivity contribution in [1.29, 1.82) is 0 Å². The van der Waals surface area contributed by atoms with Crippen molar-refractivity contribution in [3.63, 3.8) is 0 Å². The molecule has 1 aromatic rings. The van der Waals surface area contributed by atoms with Gasteiger partial charge in [0.05, 0.1) is 6.61 Å². The number of aryl methyl sites for hydroxylation is 1. The second kappa shape index (κ2) is 7.30. The Morgan fingerprint density at radius 3 is 3.00 bits per heavy atom. The Labute approximate surface area is 136 Å². The first-order valence-electron chi connectivity index (χ1n) is 8.02. The van der Waals surface area contributed by atoms with Crippen molar-refractivity contribution < 1.29 is 4.74 Å². The van der Waals surface area contributed by atoms with Gasteiger partial charge in [-0.2, -0.15) is 23.5 Å². The fraction of sp³-hybridized carbons (Fsp3) is 0.647. The maximum Gasteiger partial charge on any atom is 0.127 e. The van der Waals surface area contributed by atoms with Crippen molar-refractivity contribution >= 4 is 23.5 Å². The molecule has 3 atom stereocenters. The average molecular weight is 324 g/mol. The number of hydrogen-bond donors (Lipinski definition) is 1. The van der Waals surface area contributed by atoms with Crippen molar-refractivity contribution in [3.8, 4) is 5.75 Å². The maximum absolute atomic E-state index is 6.05. The Kier molecular flexibility index (Phi) is 5.41. The topological polar surface area (TPSA) is 21.3 Å². The lowest BCUT2D eigenvalue weighted by Crippen LogP contribution is -2.38. The highest BCUT2D eigenvalue weighted by Crippen LogP contribution is 2.42.